The molecule has 0 bridgehead atoms. The maximum absolute atomic E-state index is 12.6. The van der Waals surface area contributed by atoms with Gasteiger partial charge in [0.25, 0.3) is 5.91 Å². The average molecular weight is 367 g/mol. The monoisotopic (exact) mass is 367 g/mol. The fourth-order valence-corrected chi connectivity index (χ4v) is 3.06. The Balaban J connectivity index is 2.18. The third-order valence-electron chi connectivity index (χ3n) is 4.53. The lowest BCUT2D eigenvalue weighted by molar-refractivity contribution is -0.142. The van der Waals surface area contributed by atoms with Gasteiger partial charge in [-0.1, -0.05) is 62.2 Å². The van der Waals surface area contributed by atoms with Crippen molar-refractivity contribution < 1.29 is 14.3 Å². The van der Waals surface area contributed by atoms with E-state index in [-0.39, 0.29) is 11.3 Å². The molecule has 0 radical (unpaired) electrons. The Hall–Kier alpha value is -2.62. The zero-order valence-corrected chi connectivity index (χ0v) is 17.1. The maximum atomic E-state index is 12.6. The minimum Gasteiger partial charge on any atom is -0.467 e. The van der Waals surface area contributed by atoms with Gasteiger partial charge in [0.15, 0.2) is 0 Å². The van der Waals surface area contributed by atoms with E-state index in [0.29, 0.717) is 12.0 Å². The Morgan fingerprint density at radius 1 is 1.00 bits per heavy atom. The van der Waals surface area contributed by atoms with Gasteiger partial charge in [0.05, 0.1) is 7.11 Å². The lowest BCUT2D eigenvalue weighted by Gasteiger charge is -2.20. The minimum absolute atomic E-state index is 0.0670. The van der Waals surface area contributed by atoms with Crippen molar-refractivity contribution in [3.05, 3.63) is 70.3 Å². The van der Waals surface area contributed by atoms with E-state index in [1.54, 1.807) is 0 Å². The zero-order valence-electron chi connectivity index (χ0n) is 17.1. The number of nitrogens with one attached hydrogen (secondary N) is 1. The van der Waals surface area contributed by atoms with Crippen LogP contribution < -0.4 is 5.32 Å². The Kier molecular flexibility index (Phi) is 6.42. The van der Waals surface area contributed by atoms with Crippen LogP contribution in [0.1, 0.15) is 53.4 Å². The average Bonchev–Trinajstić information content (AvgIpc) is 2.59. The van der Waals surface area contributed by atoms with E-state index in [1.165, 1.54) is 12.7 Å². The summed E-state index contributed by atoms with van der Waals surface area (Å²) in [5.74, 6) is -0.726. The highest BCUT2D eigenvalue weighted by Gasteiger charge is 2.23. The molecular formula is C23H29NO3. The number of esters is 1. The fourth-order valence-electron chi connectivity index (χ4n) is 3.06. The number of carbonyl (C=O) groups is 2. The molecule has 0 aliphatic carbocycles. The van der Waals surface area contributed by atoms with Crippen LogP contribution in [0.3, 0.4) is 0 Å². The summed E-state index contributed by atoms with van der Waals surface area (Å²) in [7, 11) is 1.33. The lowest BCUT2D eigenvalue weighted by Crippen LogP contribution is -2.43. The highest BCUT2D eigenvalue weighted by atomic mass is 16.5. The number of methoxy groups -OCH3 is 1. The van der Waals surface area contributed by atoms with Gasteiger partial charge in [-0.25, -0.2) is 4.79 Å². The molecular weight excluding hydrogens is 338 g/mol. The molecule has 4 heteroatoms. The van der Waals surface area contributed by atoms with E-state index >= 15 is 0 Å². The van der Waals surface area contributed by atoms with Gasteiger partial charge < -0.3 is 10.1 Å². The number of amides is 1. The van der Waals surface area contributed by atoms with Crippen LogP contribution in [0.25, 0.3) is 0 Å². The second-order valence-corrected chi connectivity index (χ2v) is 8.08. The van der Waals surface area contributed by atoms with Gasteiger partial charge in [0.1, 0.15) is 6.04 Å². The van der Waals surface area contributed by atoms with E-state index < -0.39 is 12.0 Å². The van der Waals surface area contributed by atoms with Crippen molar-refractivity contribution in [1.29, 1.82) is 0 Å². The summed E-state index contributed by atoms with van der Waals surface area (Å²) in [5, 5.41) is 2.82. The van der Waals surface area contributed by atoms with Crippen LogP contribution in [-0.2, 0) is 21.4 Å². The molecule has 0 fully saturated rings. The zero-order chi connectivity index (χ0) is 20.2. The van der Waals surface area contributed by atoms with E-state index in [0.717, 1.165) is 16.7 Å². The summed E-state index contributed by atoms with van der Waals surface area (Å²) >= 11 is 0. The van der Waals surface area contributed by atoms with Crippen molar-refractivity contribution in [3.8, 4) is 0 Å². The molecule has 0 spiro atoms. The number of rotatable bonds is 5. The first kappa shape index (κ1) is 20.7. The molecule has 0 aromatic heterocycles. The molecule has 1 N–H and O–H groups in total. The molecule has 2 rings (SSSR count). The molecule has 0 aliphatic heterocycles. The number of benzene rings is 2. The maximum Gasteiger partial charge on any atom is 0.328 e. The molecule has 27 heavy (non-hydrogen) atoms. The molecule has 0 saturated heterocycles. The molecule has 4 nitrogen and oxygen atoms in total. The van der Waals surface area contributed by atoms with E-state index in [9.17, 15) is 9.59 Å². The molecule has 144 valence electrons. The third-order valence-corrected chi connectivity index (χ3v) is 4.53. The minimum atomic E-state index is -0.733. The van der Waals surface area contributed by atoms with Gasteiger partial charge in [-0.2, -0.15) is 0 Å². The summed E-state index contributed by atoms with van der Waals surface area (Å²) in [6.07, 6.45) is 0.383. The second kappa shape index (κ2) is 8.38. The summed E-state index contributed by atoms with van der Waals surface area (Å²) in [6, 6.07) is 13.0. The summed E-state index contributed by atoms with van der Waals surface area (Å²) in [4.78, 5) is 24.8. The summed E-state index contributed by atoms with van der Waals surface area (Å²) < 4.78 is 4.89. The lowest BCUT2D eigenvalue weighted by atomic mass is 9.86. The van der Waals surface area contributed by atoms with Crippen molar-refractivity contribution in [1.82, 2.24) is 5.32 Å². The molecule has 0 aliphatic rings. The van der Waals surface area contributed by atoms with Gasteiger partial charge in [0, 0.05) is 12.0 Å². The van der Waals surface area contributed by atoms with Crippen LogP contribution in [0.4, 0.5) is 0 Å². The van der Waals surface area contributed by atoms with Gasteiger partial charge in [-0.05, 0) is 42.5 Å². The molecule has 0 unspecified atom stereocenters. The summed E-state index contributed by atoms with van der Waals surface area (Å²) in [6.45, 7) is 10.4. The molecule has 1 amide bonds. The van der Waals surface area contributed by atoms with Crippen molar-refractivity contribution in [2.24, 2.45) is 0 Å². The van der Waals surface area contributed by atoms with Crippen LogP contribution in [-0.4, -0.2) is 25.0 Å². The van der Waals surface area contributed by atoms with E-state index in [1.807, 2.05) is 44.2 Å². The Morgan fingerprint density at radius 2 is 1.56 bits per heavy atom. The molecule has 1 atom stereocenters. The number of hydrogen-bond donors (Lipinski definition) is 1. The first-order valence-electron chi connectivity index (χ1n) is 9.16. The highest BCUT2D eigenvalue weighted by molar-refractivity contribution is 5.97. The number of carbonyl (C=O) groups excluding carboxylic acids is 2. The van der Waals surface area contributed by atoms with Crippen LogP contribution in [0, 0.1) is 13.8 Å². The first-order valence-corrected chi connectivity index (χ1v) is 9.16. The van der Waals surface area contributed by atoms with E-state index in [2.05, 4.69) is 38.2 Å². The largest absolute Gasteiger partial charge is 0.467 e. The normalized spacial score (nSPS) is 12.4. The predicted molar refractivity (Wildman–Crippen MR) is 108 cm³/mol. The summed E-state index contributed by atoms with van der Waals surface area (Å²) in [5.41, 5.74) is 4.82. The van der Waals surface area contributed by atoms with Gasteiger partial charge >= 0.3 is 5.97 Å². The van der Waals surface area contributed by atoms with Gasteiger partial charge in [-0.3, -0.25) is 4.79 Å². The van der Waals surface area contributed by atoms with Gasteiger partial charge in [0.2, 0.25) is 0 Å². The number of hydrogen-bond acceptors (Lipinski definition) is 3. The van der Waals surface area contributed by atoms with Crippen molar-refractivity contribution >= 4 is 11.9 Å². The molecule has 2 aromatic carbocycles. The number of aryl methyl sites for hydroxylation is 2. The van der Waals surface area contributed by atoms with Crippen LogP contribution >= 0.6 is 0 Å². The first-order chi connectivity index (χ1) is 12.6. The predicted octanol–water partition coefficient (Wildman–Crippen LogP) is 4.12. The SMILES string of the molecule is COC(=O)[C@H](Cc1ccc(C(C)(C)C)cc1)NC(=O)c1cc(C)cc(C)c1. The Bertz CT molecular complexity index is 796. The molecule has 0 heterocycles. The standard InChI is InChI=1S/C23H29NO3/c1-15-11-16(2)13-18(12-15)21(25)24-20(22(26)27-6)14-17-7-9-19(10-8-17)23(3,4)5/h7-13,20H,14H2,1-6H3,(H,24,25)/t20-/m0/s1. The van der Waals surface area contributed by atoms with Crippen LogP contribution in [0.2, 0.25) is 0 Å². The number of ether oxygens (including phenoxy) is 1. The van der Waals surface area contributed by atoms with Crippen LogP contribution in [0.5, 0.6) is 0 Å². The van der Waals surface area contributed by atoms with Crippen LogP contribution in [0.15, 0.2) is 42.5 Å². The van der Waals surface area contributed by atoms with Crippen molar-refractivity contribution in [2.45, 2.75) is 52.5 Å². The topological polar surface area (TPSA) is 55.4 Å². The van der Waals surface area contributed by atoms with Gasteiger partial charge in [-0.15, -0.1) is 0 Å². The quantitative estimate of drug-likeness (QED) is 0.809. The second-order valence-electron chi connectivity index (χ2n) is 8.08. The van der Waals surface area contributed by atoms with Crippen molar-refractivity contribution in [2.75, 3.05) is 7.11 Å². The fraction of sp³-hybridized carbons (Fsp3) is 0.391. The molecule has 0 saturated carbocycles. The highest BCUT2D eigenvalue weighted by Crippen LogP contribution is 2.22. The Labute approximate surface area is 161 Å². The third kappa shape index (κ3) is 5.68. The smallest absolute Gasteiger partial charge is 0.328 e. The van der Waals surface area contributed by atoms with Crippen molar-refractivity contribution in [3.63, 3.8) is 0 Å². The Morgan fingerprint density at radius 3 is 2.04 bits per heavy atom. The molecule has 2 aromatic rings. The van der Waals surface area contributed by atoms with E-state index in [4.69, 9.17) is 4.74 Å².